The number of rotatable bonds is 8. The molecule has 3 rings (SSSR count). The monoisotopic (exact) mass is 462 g/mol. The van der Waals surface area contributed by atoms with Gasteiger partial charge in [0.2, 0.25) is 5.13 Å². The van der Waals surface area contributed by atoms with Gasteiger partial charge in [-0.1, -0.05) is 54.6 Å². The normalized spacial score (nSPS) is 11.5. The van der Waals surface area contributed by atoms with Gasteiger partial charge in [0.25, 0.3) is 15.9 Å². The molecule has 0 aliphatic rings. The Morgan fingerprint density at radius 1 is 1.07 bits per heavy atom. The van der Waals surface area contributed by atoms with E-state index in [0.717, 1.165) is 15.7 Å². The van der Waals surface area contributed by atoms with Crippen molar-refractivity contribution in [3.05, 3.63) is 59.7 Å². The summed E-state index contributed by atoms with van der Waals surface area (Å²) in [6.07, 6.45) is 0. The van der Waals surface area contributed by atoms with E-state index in [2.05, 4.69) is 34.1 Å². The van der Waals surface area contributed by atoms with E-state index < -0.39 is 10.0 Å². The number of amides is 1. The summed E-state index contributed by atoms with van der Waals surface area (Å²) < 4.78 is 28.2. The average Bonchev–Trinajstić information content (AvgIpc) is 3.14. The lowest BCUT2D eigenvalue weighted by atomic mass is 10.2. The number of hydrogen-bond acceptors (Lipinski definition) is 7. The fourth-order valence-electron chi connectivity index (χ4n) is 2.35. The molecule has 0 atom stereocenters. The molecule has 7 nitrogen and oxygen atoms in total. The van der Waals surface area contributed by atoms with Crippen LogP contribution in [0.15, 0.2) is 57.8 Å². The van der Waals surface area contributed by atoms with Crippen LogP contribution in [0.4, 0.5) is 10.8 Å². The van der Waals surface area contributed by atoms with Gasteiger partial charge in [0, 0.05) is 17.0 Å². The lowest BCUT2D eigenvalue weighted by molar-refractivity contribution is 0.102. The second-order valence-corrected chi connectivity index (χ2v) is 11.0. The predicted octanol–water partition coefficient (Wildman–Crippen LogP) is 4.65. The number of carbonyl (C=O) groups is 1. The molecule has 0 saturated carbocycles. The van der Waals surface area contributed by atoms with E-state index in [-0.39, 0.29) is 10.8 Å². The van der Waals surface area contributed by atoms with E-state index in [0.29, 0.717) is 22.3 Å². The highest BCUT2D eigenvalue weighted by molar-refractivity contribution is 8.01. The highest BCUT2D eigenvalue weighted by Crippen LogP contribution is 2.27. The maximum atomic E-state index is 12.5. The van der Waals surface area contributed by atoms with E-state index in [1.54, 1.807) is 60.3 Å². The standard InChI is InChI=1S/C20H22N4O3S3/c1-13(2)12-28-20-23-22-19(29-20)21-18(25)15-6-8-16(9-7-15)24-30(26,27)17-10-4-14(3)5-11-17/h4-11,13,24H,12H2,1-3H3,(H,21,22,25). The maximum Gasteiger partial charge on any atom is 0.261 e. The summed E-state index contributed by atoms with van der Waals surface area (Å²) in [6.45, 7) is 6.14. The second kappa shape index (κ2) is 9.59. The second-order valence-electron chi connectivity index (χ2n) is 7.03. The molecule has 3 aromatic rings. The summed E-state index contributed by atoms with van der Waals surface area (Å²) in [6, 6.07) is 12.8. The van der Waals surface area contributed by atoms with Crippen molar-refractivity contribution in [2.24, 2.45) is 5.92 Å². The zero-order valence-electron chi connectivity index (χ0n) is 16.7. The molecule has 0 saturated heterocycles. The third kappa shape index (κ3) is 6.04. The molecule has 0 radical (unpaired) electrons. The first-order valence-corrected chi connectivity index (χ1v) is 12.5. The first-order chi connectivity index (χ1) is 14.2. The summed E-state index contributed by atoms with van der Waals surface area (Å²) in [7, 11) is -3.69. The number of sulfonamides is 1. The van der Waals surface area contributed by atoms with Gasteiger partial charge in [0.05, 0.1) is 4.90 Å². The van der Waals surface area contributed by atoms with Crippen LogP contribution in [0.3, 0.4) is 0 Å². The van der Waals surface area contributed by atoms with Gasteiger partial charge < -0.3 is 0 Å². The molecule has 0 aliphatic heterocycles. The lowest BCUT2D eigenvalue weighted by Crippen LogP contribution is -2.14. The van der Waals surface area contributed by atoms with Crippen molar-refractivity contribution in [3.8, 4) is 0 Å². The van der Waals surface area contributed by atoms with Crippen molar-refractivity contribution in [3.63, 3.8) is 0 Å². The fourth-order valence-corrected chi connectivity index (χ4v) is 5.13. The molecule has 0 bridgehead atoms. The van der Waals surface area contributed by atoms with Gasteiger partial charge in [-0.3, -0.25) is 14.8 Å². The minimum atomic E-state index is -3.69. The smallest absolute Gasteiger partial charge is 0.261 e. The van der Waals surface area contributed by atoms with Crippen molar-refractivity contribution < 1.29 is 13.2 Å². The molecular weight excluding hydrogens is 440 g/mol. The van der Waals surface area contributed by atoms with E-state index in [1.165, 1.54) is 11.3 Å². The highest BCUT2D eigenvalue weighted by Gasteiger charge is 2.15. The van der Waals surface area contributed by atoms with E-state index in [4.69, 9.17) is 0 Å². The van der Waals surface area contributed by atoms with Crippen LogP contribution >= 0.6 is 23.1 Å². The minimum Gasteiger partial charge on any atom is -0.296 e. The van der Waals surface area contributed by atoms with Crippen LogP contribution in [0, 0.1) is 12.8 Å². The Kier molecular flexibility index (Phi) is 7.11. The fraction of sp³-hybridized carbons (Fsp3) is 0.250. The number of aryl methyl sites for hydroxylation is 1. The van der Waals surface area contributed by atoms with E-state index in [1.807, 2.05) is 6.92 Å². The zero-order chi connectivity index (χ0) is 21.7. The van der Waals surface area contributed by atoms with Gasteiger partial charge in [-0.2, -0.15) is 0 Å². The number of hydrogen-bond donors (Lipinski definition) is 2. The van der Waals surface area contributed by atoms with Gasteiger partial charge in [0.1, 0.15) is 0 Å². The van der Waals surface area contributed by atoms with Crippen LogP contribution in [-0.2, 0) is 10.0 Å². The molecular formula is C20H22N4O3S3. The maximum absolute atomic E-state index is 12.5. The number of aromatic nitrogens is 2. The summed E-state index contributed by atoms with van der Waals surface area (Å²) in [5.41, 5.74) is 1.74. The van der Waals surface area contributed by atoms with Gasteiger partial charge in [0.15, 0.2) is 4.34 Å². The molecule has 0 aliphatic carbocycles. The van der Waals surface area contributed by atoms with Crippen molar-refractivity contribution in [2.75, 3.05) is 15.8 Å². The van der Waals surface area contributed by atoms with Crippen LogP contribution in [0.5, 0.6) is 0 Å². The number of nitrogens with zero attached hydrogens (tertiary/aromatic N) is 2. The van der Waals surface area contributed by atoms with Gasteiger partial charge in [-0.15, -0.1) is 10.2 Å². The molecule has 2 aromatic carbocycles. The Balaban J connectivity index is 1.62. The first-order valence-electron chi connectivity index (χ1n) is 9.20. The van der Waals surface area contributed by atoms with Crippen LogP contribution in [-0.4, -0.2) is 30.3 Å². The summed E-state index contributed by atoms with van der Waals surface area (Å²) in [5, 5.41) is 11.2. The van der Waals surface area contributed by atoms with E-state index in [9.17, 15) is 13.2 Å². The summed E-state index contributed by atoms with van der Waals surface area (Å²) in [4.78, 5) is 12.6. The predicted molar refractivity (Wildman–Crippen MR) is 122 cm³/mol. The molecule has 1 aromatic heterocycles. The number of benzene rings is 2. The van der Waals surface area contributed by atoms with Crippen LogP contribution in [0.25, 0.3) is 0 Å². The van der Waals surface area contributed by atoms with Crippen LogP contribution in [0.1, 0.15) is 29.8 Å². The molecule has 0 unspecified atom stereocenters. The Morgan fingerprint density at radius 2 is 1.73 bits per heavy atom. The van der Waals surface area contributed by atoms with Gasteiger partial charge in [-0.05, 0) is 49.2 Å². The molecule has 1 heterocycles. The molecule has 0 fully saturated rings. The third-order valence-electron chi connectivity index (χ3n) is 3.90. The number of nitrogens with one attached hydrogen (secondary N) is 2. The number of thioether (sulfide) groups is 1. The Bertz CT molecular complexity index is 1110. The molecule has 158 valence electrons. The third-order valence-corrected chi connectivity index (χ3v) is 7.69. The zero-order valence-corrected chi connectivity index (χ0v) is 19.2. The van der Waals surface area contributed by atoms with Crippen LogP contribution in [0.2, 0.25) is 0 Å². The summed E-state index contributed by atoms with van der Waals surface area (Å²) >= 11 is 2.93. The first kappa shape index (κ1) is 22.3. The van der Waals surface area contributed by atoms with Crippen LogP contribution < -0.4 is 10.0 Å². The molecule has 30 heavy (non-hydrogen) atoms. The van der Waals surface area contributed by atoms with Gasteiger partial charge in [-0.25, -0.2) is 8.42 Å². The minimum absolute atomic E-state index is 0.178. The lowest BCUT2D eigenvalue weighted by Gasteiger charge is -2.09. The van der Waals surface area contributed by atoms with Crippen molar-refractivity contribution in [1.29, 1.82) is 0 Å². The largest absolute Gasteiger partial charge is 0.296 e. The Labute approximate surface area is 184 Å². The van der Waals surface area contributed by atoms with E-state index >= 15 is 0 Å². The number of anilines is 2. The van der Waals surface area contributed by atoms with Crippen molar-refractivity contribution >= 4 is 49.8 Å². The van der Waals surface area contributed by atoms with Crippen molar-refractivity contribution in [1.82, 2.24) is 10.2 Å². The quantitative estimate of drug-likeness (QED) is 0.373. The highest BCUT2D eigenvalue weighted by atomic mass is 32.2. The summed E-state index contributed by atoms with van der Waals surface area (Å²) in [5.74, 6) is 1.14. The van der Waals surface area contributed by atoms with Gasteiger partial charge >= 0.3 is 0 Å². The SMILES string of the molecule is Cc1ccc(S(=O)(=O)Nc2ccc(C(=O)Nc3nnc(SCC(C)C)s3)cc2)cc1. The average molecular weight is 463 g/mol. The Morgan fingerprint density at radius 3 is 2.37 bits per heavy atom. The topological polar surface area (TPSA) is 101 Å². The molecule has 0 spiro atoms. The van der Waals surface area contributed by atoms with Crippen molar-refractivity contribution in [2.45, 2.75) is 30.0 Å². The number of carbonyl (C=O) groups excluding carboxylic acids is 1. The molecule has 1 amide bonds. The Hall–Kier alpha value is -2.43. The molecule has 10 heteroatoms. The molecule has 2 N–H and O–H groups in total.